The zero-order chi connectivity index (χ0) is 13.2. The van der Waals surface area contributed by atoms with Crippen LogP contribution in [0, 0.1) is 0 Å². The first kappa shape index (κ1) is 13.0. The topological polar surface area (TPSA) is 12.5 Å². The van der Waals surface area contributed by atoms with Gasteiger partial charge in [0.2, 0.25) is 0 Å². The summed E-state index contributed by atoms with van der Waals surface area (Å²) in [7, 11) is 0. The monoisotopic (exact) mass is 293 g/mol. The first-order valence-electron chi connectivity index (χ1n) is 6.40. The lowest BCUT2D eigenvalue weighted by Crippen LogP contribution is -2.30. The molecule has 4 heteroatoms. The minimum atomic E-state index is 0.197. The lowest BCUT2D eigenvalue weighted by atomic mass is 10.2. The van der Waals surface area contributed by atoms with Crippen molar-refractivity contribution in [2.45, 2.75) is 26.1 Å². The van der Waals surface area contributed by atoms with Crippen LogP contribution in [0.4, 0.5) is 0 Å². The summed E-state index contributed by atoms with van der Waals surface area (Å²) in [6.45, 7) is 4.91. The van der Waals surface area contributed by atoms with Gasteiger partial charge in [-0.25, -0.2) is 0 Å². The van der Waals surface area contributed by atoms with Gasteiger partial charge in [0.25, 0.3) is 0 Å². The summed E-state index contributed by atoms with van der Waals surface area (Å²) in [6.07, 6.45) is 0.197. The Morgan fingerprint density at radius 1 is 1.42 bits per heavy atom. The van der Waals surface area contributed by atoms with Crippen molar-refractivity contribution in [3.8, 4) is 5.75 Å². The molecule has 0 spiro atoms. The van der Waals surface area contributed by atoms with Gasteiger partial charge >= 0.3 is 0 Å². The second-order valence-electron chi connectivity index (χ2n) is 4.93. The van der Waals surface area contributed by atoms with E-state index in [-0.39, 0.29) is 6.10 Å². The van der Waals surface area contributed by atoms with Crippen LogP contribution in [0.15, 0.2) is 35.7 Å². The van der Waals surface area contributed by atoms with Gasteiger partial charge < -0.3 is 4.74 Å². The molecular weight excluding hydrogens is 278 g/mol. The molecule has 2 heterocycles. The van der Waals surface area contributed by atoms with Crippen molar-refractivity contribution in [2.75, 3.05) is 6.54 Å². The molecule has 2 nitrogen and oxygen atoms in total. The molecule has 1 aliphatic heterocycles. The van der Waals surface area contributed by atoms with E-state index in [0.29, 0.717) is 0 Å². The molecule has 2 aromatic rings. The molecule has 0 saturated carbocycles. The molecule has 0 saturated heterocycles. The van der Waals surface area contributed by atoms with E-state index < -0.39 is 0 Å². The second-order valence-corrected chi connectivity index (χ2v) is 6.40. The van der Waals surface area contributed by atoms with Crippen LogP contribution in [0.25, 0.3) is 0 Å². The fourth-order valence-corrected chi connectivity index (χ4v) is 3.39. The van der Waals surface area contributed by atoms with Crippen LogP contribution in [-0.2, 0) is 13.1 Å². The van der Waals surface area contributed by atoms with Gasteiger partial charge in [0.05, 0.1) is 0 Å². The number of ether oxygens (including phenoxy) is 1. The summed E-state index contributed by atoms with van der Waals surface area (Å²) in [5, 5.41) is 2.89. The summed E-state index contributed by atoms with van der Waals surface area (Å²) in [6, 6.07) is 10.2. The van der Waals surface area contributed by atoms with Crippen LogP contribution in [0.3, 0.4) is 0 Å². The molecule has 0 radical (unpaired) electrons. The summed E-state index contributed by atoms with van der Waals surface area (Å²) < 4.78 is 5.96. The van der Waals surface area contributed by atoms with E-state index in [9.17, 15) is 0 Å². The van der Waals surface area contributed by atoms with Crippen molar-refractivity contribution in [1.82, 2.24) is 4.90 Å². The van der Waals surface area contributed by atoms with Gasteiger partial charge in [0.1, 0.15) is 11.9 Å². The Morgan fingerprint density at radius 3 is 3.11 bits per heavy atom. The number of benzene rings is 1. The minimum Gasteiger partial charge on any atom is -0.489 e. The smallest absolute Gasteiger partial charge is 0.124 e. The Bertz CT molecular complexity index is 555. The number of nitrogens with zero attached hydrogens (tertiary/aromatic N) is 1. The number of rotatable bonds is 2. The summed E-state index contributed by atoms with van der Waals surface area (Å²) in [5.74, 6) is 0.963. The van der Waals surface area contributed by atoms with Gasteiger partial charge in [0, 0.05) is 35.1 Å². The fourth-order valence-electron chi connectivity index (χ4n) is 2.45. The van der Waals surface area contributed by atoms with E-state index >= 15 is 0 Å². The number of halogens is 1. The van der Waals surface area contributed by atoms with Crippen molar-refractivity contribution in [2.24, 2.45) is 0 Å². The van der Waals surface area contributed by atoms with Gasteiger partial charge in [0.15, 0.2) is 0 Å². The molecule has 1 atom stereocenters. The largest absolute Gasteiger partial charge is 0.489 e. The van der Waals surface area contributed by atoms with Gasteiger partial charge in [-0.2, -0.15) is 0 Å². The Hall–Kier alpha value is -1.03. The van der Waals surface area contributed by atoms with Gasteiger partial charge in [-0.05, 0) is 36.6 Å². The second kappa shape index (κ2) is 5.53. The van der Waals surface area contributed by atoms with Crippen LogP contribution < -0.4 is 4.74 Å². The predicted octanol–water partition coefficient (Wildman–Crippen LogP) is 4.18. The summed E-state index contributed by atoms with van der Waals surface area (Å²) >= 11 is 7.89. The van der Waals surface area contributed by atoms with Crippen LogP contribution in [0.1, 0.15) is 17.4 Å². The first-order valence-corrected chi connectivity index (χ1v) is 7.66. The zero-order valence-corrected chi connectivity index (χ0v) is 12.4. The highest BCUT2D eigenvalue weighted by atomic mass is 35.5. The van der Waals surface area contributed by atoms with Crippen molar-refractivity contribution in [3.05, 3.63) is 51.2 Å². The third kappa shape index (κ3) is 3.11. The Kier molecular flexibility index (Phi) is 3.78. The van der Waals surface area contributed by atoms with Gasteiger partial charge in [-0.15, -0.1) is 11.3 Å². The molecule has 1 aromatic heterocycles. The van der Waals surface area contributed by atoms with Crippen LogP contribution in [-0.4, -0.2) is 17.5 Å². The van der Waals surface area contributed by atoms with E-state index in [1.54, 1.807) is 11.3 Å². The quantitative estimate of drug-likeness (QED) is 0.823. The maximum Gasteiger partial charge on any atom is 0.124 e. The normalized spacial score (nSPS) is 19.6. The fraction of sp³-hybridized carbons (Fsp3) is 0.333. The average Bonchev–Trinajstić information content (AvgIpc) is 2.79. The molecule has 0 bridgehead atoms. The highest BCUT2D eigenvalue weighted by Crippen LogP contribution is 2.28. The van der Waals surface area contributed by atoms with Crippen molar-refractivity contribution < 1.29 is 4.74 Å². The molecule has 0 N–H and O–H groups in total. The third-order valence-electron chi connectivity index (χ3n) is 3.22. The molecule has 0 aliphatic carbocycles. The van der Waals surface area contributed by atoms with Crippen LogP contribution >= 0.6 is 22.9 Å². The van der Waals surface area contributed by atoms with Gasteiger partial charge in [-0.1, -0.05) is 17.7 Å². The molecule has 1 aromatic carbocycles. The molecule has 0 amide bonds. The Labute approximate surface area is 122 Å². The molecule has 19 heavy (non-hydrogen) atoms. The molecule has 0 fully saturated rings. The number of hydrogen-bond acceptors (Lipinski definition) is 3. The Balaban J connectivity index is 1.83. The number of hydrogen-bond donors (Lipinski definition) is 0. The van der Waals surface area contributed by atoms with E-state index in [1.165, 1.54) is 10.4 Å². The van der Waals surface area contributed by atoms with Crippen molar-refractivity contribution in [3.63, 3.8) is 0 Å². The van der Waals surface area contributed by atoms with E-state index in [0.717, 1.165) is 30.4 Å². The van der Waals surface area contributed by atoms with Gasteiger partial charge in [-0.3, -0.25) is 4.90 Å². The van der Waals surface area contributed by atoms with E-state index in [1.807, 2.05) is 18.2 Å². The number of fused-ring (bicyclic) bond motifs is 1. The zero-order valence-electron chi connectivity index (χ0n) is 10.8. The van der Waals surface area contributed by atoms with Crippen molar-refractivity contribution in [1.29, 1.82) is 0 Å². The van der Waals surface area contributed by atoms with Crippen molar-refractivity contribution >= 4 is 22.9 Å². The Morgan fingerprint density at radius 2 is 2.32 bits per heavy atom. The highest BCUT2D eigenvalue weighted by molar-refractivity contribution is 7.09. The predicted molar refractivity (Wildman–Crippen MR) is 80.0 cm³/mol. The summed E-state index contributed by atoms with van der Waals surface area (Å²) in [4.78, 5) is 3.80. The number of thiophene rings is 1. The molecule has 1 aliphatic rings. The first-order chi connectivity index (χ1) is 9.20. The molecule has 100 valence electrons. The van der Waals surface area contributed by atoms with E-state index in [4.69, 9.17) is 16.3 Å². The molecular formula is C15H16ClNOS. The standard InChI is InChI=1S/C15H16ClNOS/c1-11-8-17(10-14-3-2-6-19-14)9-12-7-13(16)4-5-15(12)18-11/h2-7,11H,8-10H2,1H3. The summed E-state index contributed by atoms with van der Waals surface area (Å²) in [5.41, 5.74) is 1.17. The lowest BCUT2D eigenvalue weighted by molar-refractivity contribution is 0.157. The maximum atomic E-state index is 6.08. The molecule has 3 rings (SSSR count). The van der Waals surface area contributed by atoms with Crippen LogP contribution in [0.5, 0.6) is 5.75 Å². The third-order valence-corrected chi connectivity index (χ3v) is 4.32. The maximum absolute atomic E-state index is 6.08. The lowest BCUT2D eigenvalue weighted by Gasteiger charge is -2.20. The SMILES string of the molecule is CC1CN(Cc2cccs2)Cc2cc(Cl)ccc2O1. The average molecular weight is 294 g/mol. The molecule has 1 unspecified atom stereocenters. The minimum absolute atomic E-state index is 0.197. The highest BCUT2D eigenvalue weighted by Gasteiger charge is 2.20. The van der Waals surface area contributed by atoms with Crippen LogP contribution in [0.2, 0.25) is 5.02 Å². The van der Waals surface area contributed by atoms with E-state index in [2.05, 4.69) is 29.3 Å².